The van der Waals surface area contributed by atoms with E-state index in [1.165, 1.54) is 7.11 Å². The molecule has 6 nitrogen and oxygen atoms in total. The van der Waals surface area contributed by atoms with E-state index in [0.29, 0.717) is 35.9 Å². The van der Waals surface area contributed by atoms with Crippen LogP contribution in [0.3, 0.4) is 0 Å². The molecule has 1 aromatic rings. The van der Waals surface area contributed by atoms with E-state index in [0.717, 1.165) is 0 Å². The van der Waals surface area contributed by atoms with Gasteiger partial charge in [-0.25, -0.2) is 0 Å². The quantitative estimate of drug-likeness (QED) is 0.552. The first-order valence-corrected chi connectivity index (χ1v) is 7.63. The van der Waals surface area contributed by atoms with Crippen molar-refractivity contribution < 1.29 is 18.5 Å². The molecule has 0 spiro atoms. The first-order valence-electron chi connectivity index (χ1n) is 6.14. The zero-order chi connectivity index (χ0) is 15.0. The Morgan fingerprint density at radius 1 is 1.40 bits per heavy atom. The van der Waals surface area contributed by atoms with Gasteiger partial charge in [0.15, 0.2) is 0 Å². The van der Waals surface area contributed by atoms with Crippen molar-refractivity contribution in [2.45, 2.75) is 6.42 Å². The number of benzene rings is 1. The molecule has 0 saturated heterocycles. The summed E-state index contributed by atoms with van der Waals surface area (Å²) in [4.78, 5) is 11.8. The van der Waals surface area contributed by atoms with Gasteiger partial charge in [0.25, 0.3) is 0 Å². The number of nitrogens with two attached hydrogens (primary N) is 1. The third-order valence-electron chi connectivity index (χ3n) is 2.51. The Kier molecular flexibility index (Phi) is 7.03. The highest BCUT2D eigenvalue weighted by Gasteiger charge is 2.11. The highest BCUT2D eigenvalue weighted by molar-refractivity contribution is 7.85. The Morgan fingerprint density at radius 2 is 2.15 bits per heavy atom. The van der Waals surface area contributed by atoms with Gasteiger partial charge in [-0.2, -0.15) is 0 Å². The molecule has 0 heterocycles. The van der Waals surface area contributed by atoms with Crippen molar-refractivity contribution in [3.8, 4) is 5.75 Å². The highest BCUT2D eigenvalue weighted by Crippen LogP contribution is 2.26. The second-order valence-corrected chi connectivity index (χ2v) is 5.72. The molecule has 1 unspecified atom stereocenters. The number of nitrogen functional groups attached to an aromatic ring is 1. The summed E-state index contributed by atoms with van der Waals surface area (Å²) in [6.07, 6.45) is 0.668. The summed E-state index contributed by atoms with van der Waals surface area (Å²) in [5, 5.41) is 2.67. The predicted octanol–water partition coefficient (Wildman–Crippen LogP) is 1.00. The zero-order valence-corrected chi connectivity index (χ0v) is 12.5. The van der Waals surface area contributed by atoms with Crippen LogP contribution < -0.4 is 15.8 Å². The lowest BCUT2D eigenvalue weighted by Crippen LogP contribution is -2.21. The van der Waals surface area contributed by atoms with Crippen molar-refractivity contribution in [1.29, 1.82) is 0 Å². The van der Waals surface area contributed by atoms with E-state index >= 15 is 0 Å². The lowest BCUT2D eigenvalue weighted by Gasteiger charge is -2.10. The largest absolute Gasteiger partial charge is 0.494 e. The van der Waals surface area contributed by atoms with Gasteiger partial charge in [-0.15, -0.1) is 0 Å². The molecule has 20 heavy (non-hydrogen) atoms. The smallest absolute Gasteiger partial charge is 0.237 e. The lowest BCUT2D eigenvalue weighted by molar-refractivity contribution is -0.113. The fourth-order valence-corrected chi connectivity index (χ4v) is 2.53. The molecule has 0 aliphatic carbocycles. The van der Waals surface area contributed by atoms with Crippen molar-refractivity contribution in [1.82, 2.24) is 0 Å². The first kappa shape index (κ1) is 16.5. The van der Waals surface area contributed by atoms with Crippen LogP contribution in [0.2, 0.25) is 0 Å². The molecule has 0 bridgehead atoms. The molecular formula is C13H20N2O4S. The molecule has 7 heteroatoms. The lowest BCUT2D eigenvalue weighted by atomic mass is 10.2. The van der Waals surface area contributed by atoms with Gasteiger partial charge in [-0.1, -0.05) is 0 Å². The minimum absolute atomic E-state index is 0.0444. The topological polar surface area (TPSA) is 90.7 Å². The Bertz CT molecular complexity index is 479. The maximum absolute atomic E-state index is 11.8. The zero-order valence-electron chi connectivity index (χ0n) is 11.7. The number of amides is 1. The van der Waals surface area contributed by atoms with Gasteiger partial charge in [0.2, 0.25) is 5.91 Å². The van der Waals surface area contributed by atoms with Crippen LogP contribution in [0.4, 0.5) is 11.4 Å². The van der Waals surface area contributed by atoms with Crippen LogP contribution in [-0.2, 0) is 20.3 Å². The highest BCUT2D eigenvalue weighted by atomic mass is 32.2. The first-order chi connectivity index (χ1) is 9.56. The fourth-order valence-electron chi connectivity index (χ4n) is 1.58. The predicted molar refractivity (Wildman–Crippen MR) is 80.4 cm³/mol. The Hall–Kier alpha value is -1.60. The van der Waals surface area contributed by atoms with Crippen molar-refractivity contribution in [2.24, 2.45) is 0 Å². The molecule has 3 N–H and O–H groups in total. The standard InChI is InChI=1S/C13H20N2O4S/c1-18-6-3-7-20(17)9-13(16)15-11-5-4-10(14)8-12(11)19-2/h4-5,8H,3,6-7,9,14H2,1-2H3,(H,15,16). The van der Waals surface area contributed by atoms with Crippen molar-refractivity contribution >= 4 is 28.1 Å². The molecule has 1 rings (SSSR count). The summed E-state index contributed by atoms with van der Waals surface area (Å²) in [5.41, 5.74) is 6.69. The van der Waals surface area contributed by atoms with E-state index in [2.05, 4.69) is 5.32 Å². The van der Waals surface area contributed by atoms with E-state index in [1.54, 1.807) is 25.3 Å². The molecule has 1 aromatic carbocycles. The second kappa shape index (κ2) is 8.55. The van der Waals surface area contributed by atoms with E-state index in [4.69, 9.17) is 15.2 Å². The number of anilines is 2. The van der Waals surface area contributed by atoms with E-state index in [9.17, 15) is 9.00 Å². The van der Waals surface area contributed by atoms with Crippen LogP contribution in [-0.4, -0.2) is 42.4 Å². The SMILES string of the molecule is COCCCS(=O)CC(=O)Nc1ccc(N)cc1OC. The molecule has 1 atom stereocenters. The fraction of sp³-hybridized carbons (Fsp3) is 0.462. The van der Waals surface area contributed by atoms with Crippen LogP contribution in [0.15, 0.2) is 18.2 Å². The molecule has 0 aliphatic rings. The number of nitrogens with one attached hydrogen (secondary N) is 1. The van der Waals surface area contributed by atoms with Gasteiger partial charge in [-0.3, -0.25) is 9.00 Å². The summed E-state index contributed by atoms with van der Waals surface area (Å²) in [7, 11) is 1.88. The summed E-state index contributed by atoms with van der Waals surface area (Å²) in [6, 6.07) is 4.93. The van der Waals surface area contributed by atoms with E-state index < -0.39 is 10.8 Å². The number of hydrogen-bond donors (Lipinski definition) is 2. The average Bonchev–Trinajstić information content (AvgIpc) is 2.41. The van der Waals surface area contributed by atoms with Gasteiger partial charge in [0, 0.05) is 42.0 Å². The summed E-state index contributed by atoms with van der Waals surface area (Å²) in [6.45, 7) is 0.541. The minimum Gasteiger partial charge on any atom is -0.494 e. The molecule has 0 aromatic heterocycles. The number of rotatable bonds is 8. The van der Waals surface area contributed by atoms with Gasteiger partial charge < -0.3 is 20.5 Å². The maximum atomic E-state index is 11.8. The third-order valence-corrected chi connectivity index (χ3v) is 3.84. The number of methoxy groups -OCH3 is 2. The molecule has 0 saturated carbocycles. The van der Waals surface area contributed by atoms with Crippen molar-refractivity contribution in [3.63, 3.8) is 0 Å². The van der Waals surface area contributed by atoms with Crippen molar-refractivity contribution in [3.05, 3.63) is 18.2 Å². The summed E-state index contributed by atoms with van der Waals surface area (Å²) >= 11 is 0. The van der Waals surface area contributed by atoms with Crippen LogP contribution in [0.25, 0.3) is 0 Å². The van der Waals surface area contributed by atoms with Gasteiger partial charge in [0.1, 0.15) is 11.5 Å². The Balaban J connectivity index is 2.52. The molecule has 0 fully saturated rings. The van der Waals surface area contributed by atoms with Crippen molar-refractivity contribution in [2.75, 3.05) is 43.4 Å². The Labute approximate surface area is 121 Å². The summed E-state index contributed by atoms with van der Waals surface area (Å²) < 4.78 is 21.7. The number of ether oxygens (including phenoxy) is 2. The van der Waals surface area contributed by atoms with Gasteiger partial charge in [0.05, 0.1) is 12.8 Å². The number of carbonyl (C=O) groups is 1. The van der Waals surface area contributed by atoms with Gasteiger partial charge in [-0.05, 0) is 18.6 Å². The normalized spacial score (nSPS) is 11.9. The van der Waals surface area contributed by atoms with Crippen LogP contribution >= 0.6 is 0 Å². The van der Waals surface area contributed by atoms with E-state index in [-0.39, 0.29) is 11.7 Å². The molecular weight excluding hydrogens is 280 g/mol. The molecule has 112 valence electrons. The molecule has 1 amide bonds. The Morgan fingerprint density at radius 3 is 2.80 bits per heavy atom. The minimum atomic E-state index is -1.20. The average molecular weight is 300 g/mol. The molecule has 0 radical (unpaired) electrons. The van der Waals surface area contributed by atoms with Gasteiger partial charge >= 0.3 is 0 Å². The summed E-state index contributed by atoms with van der Waals surface area (Å²) in [5.74, 6) is 0.560. The third kappa shape index (κ3) is 5.58. The maximum Gasteiger partial charge on any atom is 0.237 e. The van der Waals surface area contributed by atoms with Crippen LogP contribution in [0, 0.1) is 0 Å². The number of hydrogen-bond acceptors (Lipinski definition) is 5. The van der Waals surface area contributed by atoms with E-state index in [1.807, 2.05) is 0 Å². The molecule has 0 aliphatic heterocycles. The van der Waals surface area contributed by atoms with Crippen LogP contribution in [0.1, 0.15) is 6.42 Å². The van der Waals surface area contributed by atoms with Crippen LogP contribution in [0.5, 0.6) is 5.75 Å². The number of carbonyl (C=O) groups excluding carboxylic acids is 1. The monoisotopic (exact) mass is 300 g/mol. The second-order valence-electron chi connectivity index (χ2n) is 4.14.